The predicted molar refractivity (Wildman–Crippen MR) is 104 cm³/mol. The van der Waals surface area contributed by atoms with E-state index in [2.05, 4.69) is 14.2 Å². The average molecular weight is 492 g/mol. The van der Waals surface area contributed by atoms with Crippen molar-refractivity contribution in [2.75, 3.05) is 0 Å². The van der Waals surface area contributed by atoms with Crippen molar-refractivity contribution in [3.63, 3.8) is 0 Å². The number of aryl methyl sites for hydroxylation is 1. The second kappa shape index (κ2) is 9.78. The van der Waals surface area contributed by atoms with Crippen LogP contribution in [0.25, 0.3) is 0 Å². The third kappa shape index (κ3) is 5.89. The van der Waals surface area contributed by atoms with E-state index in [4.69, 9.17) is 0 Å². The van der Waals surface area contributed by atoms with Gasteiger partial charge >= 0.3 is 18.8 Å². The summed E-state index contributed by atoms with van der Waals surface area (Å²) in [7, 11) is 0. The molecule has 182 valence electrons. The van der Waals surface area contributed by atoms with Crippen LogP contribution >= 0.6 is 0 Å². The molecule has 3 aromatic rings. The molecule has 3 rings (SSSR count). The quantitative estimate of drug-likeness (QED) is 0.292. The lowest BCUT2D eigenvalue weighted by atomic mass is 10.1. The number of alkyl halides is 6. The highest BCUT2D eigenvalue weighted by molar-refractivity contribution is 5.36. The first-order chi connectivity index (χ1) is 15.9. The lowest BCUT2D eigenvalue weighted by molar-refractivity contribution is -0.187. The van der Waals surface area contributed by atoms with Crippen LogP contribution in [0.5, 0.6) is 17.2 Å². The van der Waals surface area contributed by atoms with Crippen molar-refractivity contribution in [1.29, 1.82) is 0 Å². The molecule has 0 aliphatic carbocycles. The summed E-state index contributed by atoms with van der Waals surface area (Å²) in [6.45, 7) is -1.68. The second-order valence-corrected chi connectivity index (χ2v) is 6.91. The maximum absolute atomic E-state index is 14.4. The molecule has 0 atom stereocenters. The standard InChI is InChI=1S/C23H16F8O3/c1-2-13-3-5-14(6-4-13)22(28,29)33-16-9-7-15(8-10-16)23(30,31)34-17-11-18(24)20(19(25)12-17)32-21(26)27/h3-12,21H,2H2,1H3. The number of halogens is 8. The fourth-order valence-electron chi connectivity index (χ4n) is 2.86. The van der Waals surface area contributed by atoms with Gasteiger partial charge in [-0.15, -0.1) is 0 Å². The van der Waals surface area contributed by atoms with Crippen molar-refractivity contribution in [1.82, 2.24) is 0 Å². The summed E-state index contributed by atoms with van der Waals surface area (Å²) in [6, 6.07) is 8.95. The van der Waals surface area contributed by atoms with Gasteiger partial charge in [0.1, 0.15) is 11.5 Å². The Labute approximate surface area is 188 Å². The molecule has 34 heavy (non-hydrogen) atoms. The number of hydrogen-bond donors (Lipinski definition) is 0. The van der Waals surface area contributed by atoms with E-state index in [-0.39, 0.29) is 12.1 Å². The third-order valence-electron chi connectivity index (χ3n) is 4.56. The van der Waals surface area contributed by atoms with Crippen LogP contribution in [0.3, 0.4) is 0 Å². The van der Waals surface area contributed by atoms with Crippen LogP contribution in [0.2, 0.25) is 0 Å². The Kier molecular flexibility index (Phi) is 7.23. The van der Waals surface area contributed by atoms with E-state index in [9.17, 15) is 35.1 Å². The van der Waals surface area contributed by atoms with E-state index >= 15 is 0 Å². The van der Waals surface area contributed by atoms with E-state index in [1.54, 1.807) is 0 Å². The van der Waals surface area contributed by atoms with Crippen LogP contribution in [0, 0.1) is 11.6 Å². The van der Waals surface area contributed by atoms with E-state index in [1.807, 2.05) is 6.92 Å². The largest absolute Gasteiger partial charge is 0.429 e. The molecule has 11 heteroatoms. The summed E-state index contributed by atoms with van der Waals surface area (Å²) in [5, 5.41) is 0. The molecule has 3 aromatic carbocycles. The molecule has 0 N–H and O–H groups in total. The minimum atomic E-state index is -4.17. The molecule has 0 aliphatic rings. The van der Waals surface area contributed by atoms with Crippen molar-refractivity contribution in [3.8, 4) is 17.2 Å². The fraction of sp³-hybridized carbons (Fsp3) is 0.217. The number of rotatable bonds is 9. The zero-order valence-corrected chi connectivity index (χ0v) is 17.3. The monoisotopic (exact) mass is 492 g/mol. The highest BCUT2D eigenvalue weighted by Crippen LogP contribution is 2.37. The Bertz CT molecular complexity index is 1090. The number of hydrogen-bond acceptors (Lipinski definition) is 3. The summed E-state index contributed by atoms with van der Waals surface area (Å²) in [5.41, 5.74) is -0.461. The van der Waals surface area contributed by atoms with Crippen LogP contribution in [0.15, 0.2) is 60.7 Å². The summed E-state index contributed by atoms with van der Waals surface area (Å²) >= 11 is 0. The minimum Gasteiger partial charge on any atom is -0.429 e. The Morgan fingerprint density at radius 2 is 1.15 bits per heavy atom. The molecular weight excluding hydrogens is 476 g/mol. The van der Waals surface area contributed by atoms with Crippen LogP contribution in [0.4, 0.5) is 35.1 Å². The summed E-state index contributed by atoms with van der Waals surface area (Å²) in [6.07, 6.45) is -7.26. The van der Waals surface area contributed by atoms with E-state index in [1.165, 1.54) is 24.3 Å². The van der Waals surface area contributed by atoms with Crippen molar-refractivity contribution < 1.29 is 49.3 Å². The van der Waals surface area contributed by atoms with Crippen molar-refractivity contribution in [2.24, 2.45) is 0 Å². The molecule has 0 fully saturated rings. The Morgan fingerprint density at radius 1 is 0.706 bits per heavy atom. The van der Waals surface area contributed by atoms with Crippen LogP contribution in [0.1, 0.15) is 23.6 Å². The van der Waals surface area contributed by atoms with Gasteiger partial charge in [-0.05, 0) is 48.4 Å². The normalized spacial score (nSPS) is 12.1. The van der Waals surface area contributed by atoms with Gasteiger partial charge in [0.25, 0.3) is 0 Å². The highest BCUT2D eigenvalue weighted by atomic mass is 19.3. The first-order valence-corrected chi connectivity index (χ1v) is 9.68. The molecular formula is C23H16F8O3. The van der Waals surface area contributed by atoms with E-state index in [0.29, 0.717) is 18.6 Å². The lowest BCUT2D eigenvalue weighted by Gasteiger charge is -2.21. The molecule has 0 aliphatic heterocycles. The van der Waals surface area contributed by atoms with Crippen molar-refractivity contribution >= 4 is 0 Å². The van der Waals surface area contributed by atoms with Gasteiger partial charge in [-0.2, -0.15) is 26.3 Å². The average Bonchev–Trinajstić information content (AvgIpc) is 2.76. The van der Waals surface area contributed by atoms with Crippen LogP contribution in [-0.4, -0.2) is 6.61 Å². The van der Waals surface area contributed by atoms with Gasteiger partial charge in [-0.1, -0.05) is 19.1 Å². The second-order valence-electron chi connectivity index (χ2n) is 6.91. The zero-order chi connectivity index (χ0) is 25.1. The van der Waals surface area contributed by atoms with Crippen LogP contribution < -0.4 is 14.2 Å². The van der Waals surface area contributed by atoms with Gasteiger partial charge in [0.15, 0.2) is 17.4 Å². The third-order valence-corrected chi connectivity index (χ3v) is 4.56. The predicted octanol–water partition coefficient (Wildman–Crippen LogP) is 7.39. The first kappa shape index (κ1) is 25.1. The maximum Gasteiger partial charge on any atom is 0.426 e. The highest BCUT2D eigenvalue weighted by Gasteiger charge is 2.37. The molecule has 0 aromatic heterocycles. The van der Waals surface area contributed by atoms with Crippen molar-refractivity contribution in [2.45, 2.75) is 32.2 Å². The topological polar surface area (TPSA) is 27.7 Å². The fourth-order valence-corrected chi connectivity index (χ4v) is 2.86. The molecule has 0 heterocycles. The van der Waals surface area contributed by atoms with Gasteiger partial charge in [-0.25, -0.2) is 8.78 Å². The Balaban J connectivity index is 1.74. The molecule has 0 bridgehead atoms. The molecule has 0 saturated carbocycles. The molecule has 3 nitrogen and oxygen atoms in total. The zero-order valence-electron chi connectivity index (χ0n) is 17.3. The smallest absolute Gasteiger partial charge is 0.426 e. The maximum atomic E-state index is 14.4. The molecule has 0 radical (unpaired) electrons. The molecule has 0 amide bonds. The van der Waals surface area contributed by atoms with Gasteiger partial charge < -0.3 is 14.2 Å². The minimum absolute atomic E-state index is 0.233. The Hall–Kier alpha value is -3.50. The van der Waals surface area contributed by atoms with Gasteiger partial charge in [0, 0.05) is 12.1 Å². The summed E-state index contributed by atoms with van der Waals surface area (Å²) in [4.78, 5) is 0. The SMILES string of the molecule is CCc1ccc(C(F)(F)Oc2ccc(C(F)(F)Oc3cc(F)c(OC(F)F)c(F)c3)cc2)cc1. The van der Waals surface area contributed by atoms with Gasteiger partial charge in [-0.3, -0.25) is 0 Å². The van der Waals surface area contributed by atoms with Gasteiger partial charge in [0.05, 0.1) is 11.1 Å². The lowest BCUT2D eigenvalue weighted by Crippen LogP contribution is -2.23. The number of benzene rings is 3. The molecule has 0 unspecified atom stereocenters. The van der Waals surface area contributed by atoms with Gasteiger partial charge in [0.2, 0.25) is 0 Å². The molecule has 0 saturated heterocycles. The summed E-state index contributed by atoms with van der Waals surface area (Å²) < 4.78 is 122. The van der Waals surface area contributed by atoms with Crippen LogP contribution in [-0.2, 0) is 18.6 Å². The van der Waals surface area contributed by atoms with E-state index in [0.717, 1.165) is 17.7 Å². The summed E-state index contributed by atoms with van der Waals surface area (Å²) in [5.74, 6) is -6.30. The first-order valence-electron chi connectivity index (χ1n) is 9.68. The Morgan fingerprint density at radius 3 is 1.59 bits per heavy atom. The molecule has 0 spiro atoms. The number of ether oxygens (including phenoxy) is 3. The van der Waals surface area contributed by atoms with Crippen molar-refractivity contribution in [3.05, 3.63) is 89.0 Å². The van der Waals surface area contributed by atoms with E-state index < -0.39 is 58.8 Å².